The van der Waals surface area contributed by atoms with E-state index in [2.05, 4.69) is 4.98 Å². The number of halogens is 2. The third-order valence-corrected chi connectivity index (χ3v) is 4.20. The first-order valence-electron chi connectivity index (χ1n) is 6.05. The molecule has 0 aliphatic heterocycles. The van der Waals surface area contributed by atoms with E-state index in [1.165, 1.54) is 17.4 Å². The summed E-state index contributed by atoms with van der Waals surface area (Å²) in [6.45, 7) is 1.86. The van der Waals surface area contributed by atoms with Gasteiger partial charge in [-0.1, -0.05) is 0 Å². The summed E-state index contributed by atoms with van der Waals surface area (Å²) in [6.07, 6.45) is 0. The smallest absolute Gasteiger partial charge is 0.336 e. The number of pyridine rings is 1. The van der Waals surface area contributed by atoms with E-state index in [-0.39, 0.29) is 16.5 Å². The Morgan fingerprint density at radius 2 is 2.05 bits per heavy atom. The molecule has 0 bridgehead atoms. The van der Waals surface area contributed by atoms with Crippen LogP contribution in [0.25, 0.3) is 21.5 Å². The quantitative estimate of drug-likeness (QED) is 0.770. The molecule has 2 heterocycles. The Balaban J connectivity index is 2.40. The van der Waals surface area contributed by atoms with Crippen molar-refractivity contribution >= 4 is 28.2 Å². The number of carbonyl (C=O) groups is 1. The lowest BCUT2D eigenvalue weighted by molar-refractivity contribution is 0.0699. The maximum Gasteiger partial charge on any atom is 0.336 e. The first-order valence-corrected chi connectivity index (χ1v) is 6.93. The van der Waals surface area contributed by atoms with Crippen molar-refractivity contribution in [2.75, 3.05) is 0 Å². The van der Waals surface area contributed by atoms with E-state index in [1.54, 1.807) is 0 Å². The summed E-state index contributed by atoms with van der Waals surface area (Å²) in [5.74, 6) is -2.95. The number of aryl methyl sites for hydroxylation is 1. The predicted octanol–water partition coefficient (Wildman–Crippen LogP) is 4.25. The van der Waals surface area contributed by atoms with Crippen molar-refractivity contribution in [2.45, 2.75) is 6.92 Å². The van der Waals surface area contributed by atoms with Gasteiger partial charge in [0, 0.05) is 11.5 Å². The minimum absolute atomic E-state index is 0.0436. The fourth-order valence-corrected chi connectivity index (χ4v) is 3.07. The summed E-state index contributed by atoms with van der Waals surface area (Å²) in [5, 5.41) is 11.1. The van der Waals surface area contributed by atoms with E-state index < -0.39 is 17.6 Å². The van der Waals surface area contributed by atoms with Gasteiger partial charge in [0.05, 0.1) is 16.1 Å². The lowest BCUT2D eigenvalue weighted by Gasteiger charge is -2.07. The largest absolute Gasteiger partial charge is 0.478 e. The van der Waals surface area contributed by atoms with E-state index in [0.29, 0.717) is 11.8 Å². The fraction of sp³-hybridized carbons (Fsp3) is 0.0667. The number of nitrogens with zero attached hydrogens (tertiary/aromatic N) is 1. The topological polar surface area (TPSA) is 50.2 Å². The Bertz CT molecular complexity index is 873. The molecule has 21 heavy (non-hydrogen) atoms. The first kappa shape index (κ1) is 13.6. The molecule has 0 unspecified atom stereocenters. The third-order valence-electron chi connectivity index (χ3n) is 3.16. The molecular formula is C15H9F2NO2S. The molecule has 3 rings (SSSR count). The average Bonchev–Trinajstić information content (AvgIpc) is 2.84. The molecule has 3 nitrogen and oxygen atoms in total. The van der Waals surface area contributed by atoms with Gasteiger partial charge in [0.1, 0.15) is 11.3 Å². The summed E-state index contributed by atoms with van der Waals surface area (Å²) >= 11 is 1.39. The molecule has 106 valence electrons. The SMILES string of the molecule is Cc1ccsc1-c1cc(C(=O)O)c2cc(F)cc(F)c2n1. The van der Waals surface area contributed by atoms with Crippen molar-refractivity contribution in [3.63, 3.8) is 0 Å². The summed E-state index contributed by atoms with van der Waals surface area (Å²) in [4.78, 5) is 16.3. The minimum Gasteiger partial charge on any atom is -0.478 e. The maximum atomic E-state index is 13.9. The Morgan fingerprint density at radius 1 is 1.29 bits per heavy atom. The molecule has 1 N–H and O–H groups in total. The predicted molar refractivity (Wildman–Crippen MR) is 76.7 cm³/mol. The second-order valence-corrected chi connectivity index (χ2v) is 5.49. The zero-order valence-corrected chi connectivity index (χ0v) is 11.7. The van der Waals surface area contributed by atoms with Crippen LogP contribution in [0.5, 0.6) is 0 Å². The highest BCUT2D eigenvalue weighted by Crippen LogP contribution is 2.32. The highest BCUT2D eigenvalue weighted by Gasteiger charge is 2.17. The van der Waals surface area contributed by atoms with Crippen LogP contribution >= 0.6 is 11.3 Å². The molecular weight excluding hydrogens is 296 g/mol. The van der Waals surface area contributed by atoms with Gasteiger partial charge >= 0.3 is 5.97 Å². The zero-order valence-electron chi connectivity index (χ0n) is 10.9. The standard InChI is InChI=1S/C15H9F2NO2S/c1-7-2-3-21-14(7)12-6-10(15(19)20)9-4-8(16)5-11(17)13(9)18-12/h2-6H,1H3,(H,19,20). The molecule has 3 aromatic rings. The number of hydrogen-bond acceptors (Lipinski definition) is 3. The van der Waals surface area contributed by atoms with Crippen LogP contribution in [0.15, 0.2) is 29.6 Å². The molecule has 0 aliphatic rings. The van der Waals surface area contributed by atoms with E-state index in [1.807, 2.05) is 18.4 Å². The second kappa shape index (κ2) is 4.89. The molecule has 0 fully saturated rings. The number of benzene rings is 1. The van der Waals surface area contributed by atoms with Gasteiger partial charge in [-0.2, -0.15) is 0 Å². The van der Waals surface area contributed by atoms with Crippen molar-refractivity contribution in [1.82, 2.24) is 4.98 Å². The highest BCUT2D eigenvalue weighted by atomic mass is 32.1. The molecule has 2 aromatic heterocycles. The van der Waals surface area contributed by atoms with E-state index in [9.17, 15) is 18.7 Å². The molecule has 1 aromatic carbocycles. The Labute approximate surface area is 122 Å². The number of fused-ring (bicyclic) bond motifs is 1. The number of aromatic carboxylic acids is 1. The van der Waals surface area contributed by atoms with E-state index >= 15 is 0 Å². The summed E-state index contributed by atoms with van der Waals surface area (Å²) in [5.41, 5.74) is 0.990. The van der Waals surface area contributed by atoms with Crippen LogP contribution < -0.4 is 0 Å². The van der Waals surface area contributed by atoms with Crippen LogP contribution in [0.3, 0.4) is 0 Å². The van der Waals surface area contributed by atoms with Gasteiger partial charge in [-0.15, -0.1) is 11.3 Å². The van der Waals surface area contributed by atoms with Crippen LogP contribution in [-0.4, -0.2) is 16.1 Å². The number of rotatable bonds is 2. The fourth-order valence-electron chi connectivity index (χ4n) is 2.18. The zero-order chi connectivity index (χ0) is 15.1. The van der Waals surface area contributed by atoms with Gasteiger partial charge in [0.15, 0.2) is 5.82 Å². The third kappa shape index (κ3) is 2.27. The number of carboxylic acid groups (broad SMARTS) is 1. The Kier molecular flexibility index (Phi) is 3.17. The average molecular weight is 305 g/mol. The molecule has 0 saturated carbocycles. The minimum atomic E-state index is -1.25. The maximum absolute atomic E-state index is 13.9. The van der Waals surface area contributed by atoms with Crippen molar-refractivity contribution in [3.8, 4) is 10.6 Å². The summed E-state index contributed by atoms with van der Waals surface area (Å²) in [6, 6.07) is 4.90. The van der Waals surface area contributed by atoms with Gasteiger partial charge in [0.2, 0.25) is 0 Å². The molecule has 0 amide bonds. The monoisotopic (exact) mass is 305 g/mol. The number of carboxylic acids is 1. The normalized spacial score (nSPS) is 11.0. The van der Waals surface area contributed by atoms with Crippen molar-refractivity contribution < 1.29 is 18.7 Å². The second-order valence-electron chi connectivity index (χ2n) is 4.58. The lowest BCUT2D eigenvalue weighted by atomic mass is 10.1. The molecule has 0 atom stereocenters. The first-order chi connectivity index (χ1) is 9.97. The van der Waals surface area contributed by atoms with Crippen molar-refractivity contribution in [2.24, 2.45) is 0 Å². The number of hydrogen-bond donors (Lipinski definition) is 1. The molecule has 0 spiro atoms. The Morgan fingerprint density at radius 3 is 2.67 bits per heavy atom. The van der Waals surface area contributed by atoms with Gasteiger partial charge in [-0.05, 0) is 36.1 Å². The number of thiophene rings is 1. The molecule has 0 radical (unpaired) electrons. The van der Waals surface area contributed by atoms with Crippen LogP contribution in [0.2, 0.25) is 0 Å². The van der Waals surface area contributed by atoms with Crippen LogP contribution in [0, 0.1) is 18.6 Å². The lowest BCUT2D eigenvalue weighted by Crippen LogP contribution is -2.02. The van der Waals surface area contributed by atoms with Crippen LogP contribution in [-0.2, 0) is 0 Å². The van der Waals surface area contributed by atoms with E-state index in [4.69, 9.17) is 0 Å². The molecule has 0 saturated heterocycles. The molecule has 6 heteroatoms. The molecule has 0 aliphatic carbocycles. The Hall–Kier alpha value is -2.34. The van der Waals surface area contributed by atoms with Crippen molar-refractivity contribution in [3.05, 3.63) is 52.4 Å². The van der Waals surface area contributed by atoms with E-state index in [0.717, 1.165) is 16.5 Å². The van der Waals surface area contributed by atoms with Gasteiger partial charge in [-0.25, -0.2) is 18.6 Å². The summed E-state index contributed by atoms with van der Waals surface area (Å²) in [7, 11) is 0. The van der Waals surface area contributed by atoms with Crippen LogP contribution in [0.4, 0.5) is 8.78 Å². The van der Waals surface area contributed by atoms with Gasteiger partial charge in [0.25, 0.3) is 0 Å². The van der Waals surface area contributed by atoms with Crippen LogP contribution in [0.1, 0.15) is 15.9 Å². The highest BCUT2D eigenvalue weighted by molar-refractivity contribution is 7.13. The number of aromatic nitrogens is 1. The van der Waals surface area contributed by atoms with Gasteiger partial charge < -0.3 is 5.11 Å². The van der Waals surface area contributed by atoms with Crippen molar-refractivity contribution in [1.29, 1.82) is 0 Å². The summed E-state index contributed by atoms with van der Waals surface area (Å²) < 4.78 is 27.2. The van der Waals surface area contributed by atoms with Gasteiger partial charge in [-0.3, -0.25) is 0 Å².